The molecule has 20 heavy (non-hydrogen) atoms. The van der Waals surface area contributed by atoms with Gasteiger partial charge in [0.25, 0.3) is 0 Å². The molecule has 0 bridgehead atoms. The molecular weight excluding hydrogens is 268 g/mol. The number of fused-ring (bicyclic) bond motifs is 1. The minimum Gasteiger partial charge on any atom is -0.497 e. The summed E-state index contributed by atoms with van der Waals surface area (Å²) in [5, 5.41) is 2.26. The van der Waals surface area contributed by atoms with Gasteiger partial charge in [0.15, 0.2) is 0 Å². The highest BCUT2D eigenvalue weighted by Gasteiger charge is 2.11. The molecule has 3 aromatic rings. The Hall–Kier alpha value is -1.99. The Balaban J connectivity index is 2.00. The largest absolute Gasteiger partial charge is 0.497 e. The molecule has 0 aromatic heterocycles. The summed E-state index contributed by atoms with van der Waals surface area (Å²) in [5.41, 5.74) is 2.14. The van der Waals surface area contributed by atoms with Crippen LogP contribution < -0.4 is 4.74 Å². The molecule has 0 aliphatic heterocycles. The summed E-state index contributed by atoms with van der Waals surface area (Å²) < 4.78 is 5.25. The Morgan fingerprint density at radius 1 is 0.800 bits per heavy atom. The molecule has 0 heterocycles. The number of methoxy groups -OCH3 is 1. The highest BCUT2D eigenvalue weighted by molar-refractivity contribution is 6.22. The van der Waals surface area contributed by atoms with Crippen molar-refractivity contribution < 1.29 is 4.74 Å². The lowest BCUT2D eigenvalue weighted by atomic mass is 10.0. The van der Waals surface area contributed by atoms with Gasteiger partial charge in [-0.25, -0.2) is 0 Å². The van der Waals surface area contributed by atoms with Gasteiger partial charge in [0.1, 0.15) is 5.75 Å². The van der Waals surface area contributed by atoms with Crippen molar-refractivity contribution in [2.24, 2.45) is 0 Å². The van der Waals surface area contributed by atoms with Crippen LogP contribution in [0.1, 0.15) is 16.5 Å². The third kappa shape index (κ3) is 2.50. The molecule has 1 atom stereocenters. The maximum atomic E-state index is 6.61. The van der Waals surface area contributed by atoms with Crippen molar-refractivity contribution >= 4 is 22.4 Å². The first-order valence-corrected chi connectivity index (χ1v) is 6.98. The molecule has 0 aliphatic rings. The molecule has 1 nitrogen and oxygen atoms in total. The van der Waals surface area contributed by atoms with Gasteiger partial charge in [0.2, 0.25) is 0 Å². The average molecular weight is 283 g/mol. The molecule has 100 valence electrons. The minimum absolute atomic E-state index is 0.172. The third-order valence-electron chi connectivity index (χ3n) is 3.45. The summed E-state index contributed by atoms with van der Waals surface area (Å²) in [6.07, 6.45) is 0. The predicted octanol–water partition coefficient (Wildman–Crippen LogP) is 5.18. The van der Waals surface area contributed by atoms with Gasteiger partial charge in [0, 0.05) is 0 Å². The quantitative estimate of drug-likeness (QED) is 0.602. The van der Waals surface area contributed by atoms with E-state index in [9.17, 15) is 0 Å². The van der Waals surface area contributed by atoms with E-state index < -0.39 is 0 Å². The topological polar surface area (TPSA) is 9.23 Å². The maximum absolute atomic E-state index is 6.61. The molecular formula is C18H15ClO. The first-order valence-electron chi connectivity index (χ1n) is 6.54. The number of halogens is 1. The summed E-state index contributed by atoms with van der Waals surface area (Å²) in [6.45, 7) is 0. The van der Waals surface area contributed by atoms with Crippen LogP contribution in [0.15, 0.2) is 66.7 Å². The molecule has 0 amide bonds. The second-order valence-electron chi connectivity index (χ2n) is 4.75. The first-order chi connectivity index (χ1) is 9.78. The van der Waals surface area contributed by atoms with Gasteiger partial charge in [0.05, 0.1) is 12.5 Å². The van der Waals surface area contributed by atoms with E-state index in [0.717, 1.165) is 16.9 Å². The summed E-state index contributed by atoms with van der Waals surface area (Å²) in [4.78, 5) is 0. The van der Waals surface area contributed by atoms with Gasteiger partial charge >= 0.3 is 0 Å². The number of alkyl halides is 1. The van der Waals surface area contributed by atoms with E-state index in [2.05, 4.69) is 30.3 Å². The van der Waals surface area contributed by atoms with Crippen LogP contribution in [-0.4, -0.2) is 7.11 Å². The molecule has 0 aliphatic carbocycles. The normalized spacial score (nSPS) is 12.3. The van der Waals surface area contributed by atoms with Gasteiger partial charge < -0.3 is 4.74 Å². The van der Waals surface area contributed by atoms with Crippen molar-refractivity contribution in [3.05, 3.63) is 77.9 Å². The zero-order chi connectivity index (χ0) is 13.9. The van der Waals surface area contributed by atoms with E-state index in [-0.39, 0.29) is 5.38 Å². The fourth-order valence-corrected chi connectivity index (χ4v) is 2.63. The van der Waals surface area contributed by atoms with E-state index in [4.69, 9.17) is 16.3 Å². The molecule has 0 fully saturated rings. The summed E-state index contributed by atoms with van der Waals surface area (Å²) in [6, 6.07) is 22.5. The average Bonchev–Trinajstić information content (AvgIpc) is 2.53. The van der Waals surface area contributed by atoms with Gasteiger partial charge in [-0.2, -0.15) is 0 Å². The standard InChI is InChI=1S/C18H15ClO/c1-20-17-8-4-7-15(12-17)18(19)16-10-9-13-5-2-3-6-14(13)11-16/h2-12,18H,1H3. The lowest BCUT2D eigenvalue weighted by Gasteiger charge is -2.12. The van der Waals surface area contributed by atoms with Crippen molar-refractivity contribution in [1.29, 1.82) is 0 Å². The van der Waals surface area contributed by atoms with Crippen molar-refractivity contribution in [3.8, 4) is 5.75 Å². The Labute approximate surface area is 123 Å². The molecule has 0 spiro atoms. The van der Waals surface area contributed by atoms with Crippen molar-refractivity contribution in [1.82, 2.24) is 0 Å². The fourth-order valence-electron chi connectivity index (χ4n) is 2.36. The van der Waals surface area contributed by atoms with Crippen LogP contribution in [-0.2, 0) is 0 Å². The smallest absolute Gasteiger partial charge is 0.119 e. The molecule has 0 saturated heterocycles. The minimum atomic E-state index is -0.172. The van der Waals surface area contributed by atoms with E-state index in [1.807, 2.05) is 36.4 Å². The van der Waals surface area contributed by atoms with E-state index in [1.54, 1.807) is 7.11 Å². The monoisotopic (exact) mass is 282 g/mol. The van der Waals surface area contributed by atoms with E-state index in [0.29, 0.717) is 0 Å². The first kappa shape index (κ1) is 13.0. The molecule has 0 N–H and O–H groups in total. The number of ether oxygens (including phenoxy) is 1. The lowest BCUT2D eigenvalue weighted by molar-refractivity contribution is 0.414. The lowest BCUT2D eigenvalue weighted by Crippen LogP contribution is -1.94. The Bertz CT molecular complexity index is 736. The van der Waals surface area contributed by atoms with E-state index >= 15 is 0 Å². The summed E-state index contributed by atoms with van der Waals surface area (Å²) in [5.74, 6) is 0.828. The second kappa shape index (κ2) is 5.56. The van der Waals surface area contributed by atoms with E-state index in [1.165, 1.54) is 10.8 Å². The highest BCUT2D eigenvalue weighted by Crippen LogP contribution is 2.32. The summed E-state index contributed by atoms with van der Waals surface area (Å²) >= 11 is 6.61. The maximum Gasteiger partial charge on any atom is 0.119 e. The van der Waals surface area contributed by atoms with Crippen LogP contribution >= 0.6 is 11.6 Å². The van der Waals surface area contributed by atoms with Crippen LogP contribution in [0, 0.1) is 0 Å². The van der Waals surface area contributed by atoms with Crippen LogP contribution in [0.4, 0.5) is 0 Å². The molecule has 0 saturated carbocycles. The van der Waals surface area contributed by atoms with Crippen LogP contribution in [0.5, 0.6) is 5.75 Å². The zero-order valence-corrected chi connectivity index (χ0v) is 12.0. The second-order valence-corrected chi connectivity index (χ2v) is 5.18. The van der Waals surface area contributed by atoms with Crippen LogP contribution in [0.3, 0.4) is 0 Å². The van der Waals surface area contributed by atoms with Gasteiger partial charge in [-0.15, -0.1) is 11.6 Å². The van der Waals surface area contributed by atoms with Gasteiger partial charge in [-0.05, 0) is 40.1 Å². The molecule has 3 rings (SSSR count). The Morgan fingerprint density at radius 2 is 1.55 bits per heavy atom. The Morgan fingerprint density at radius 3 is 2.35 bits per heavy atom. The van der Waals surface area contributed by atoms with Crippen molar-refractivity contribution in [3.63, 3.8) is 0 Å². The molecule has 2 heteroatoms. The van der Waals surface area contributed by atoms with Crippen LogP contribution in [0.2, 0.25) is 0 Å². The zero-order valence-electron chi connectivity index (χ0n) is 11.2. The number of hydrogen-bond acceptors (Lipinski definition) is 1. The molecule has 0 radical (unpaired) electrons. The number of benzene rings is 3. The number of hydrogen-bond donors (Lipinski definition) is 0. The Kier molecular flexibility index (Phi) is 3.62. The number of rotatable bonds is 3. The fraction of sp³-hybridized carbons (Fsp3) is 0.111. The third-order valence-corrected chi connectivity index (χ3v) is 3.96. The van der Waals surface area contributed by atoms with Gasteiger partial charge in [-0.3, -0.25) is 0 Å². The predicted molar refractivity (Wildman–Crippen MR) is 84.6 cm³/mol. The van der Waals surface area contributed by atoms with Crippen molar-refractivity contribution in [2.45, 2.75) is 5.38 Å². The van der Waals surface area contributed by atoms with Crippen LogP contribution in [0.25, 0.3) is 10.8 Å². The van der Waals surface area contributed by atoms with Crippen molar-refractivity contribution in [2.75, 3.05) is 7.11 Å². The molecule has 3 aromatic carbocycles. The SMILES string of the molecule is COc1cccc(C(Cl)c2ccc3ccccc3c2)c1. The van der Waals surface area contributed by atoms with Gasteiger partial charge in [-0.1, -0.05) is 48.5 Å². The summed E-state index contributed by atoms with van der Waals surface area (Å²) in [7, 11) is 1.67. The highest BCUT2D eigenvalue weighted by atomic mass is 35.5. The molecule has 1 unspecified atom stereocenters.